The summed E-state index contributed by atoms with van der Waals surface area (Å²) in [5.41, 5.74) is 2.50. The fourth-order valence-corrected chi connectivity index (χ4v) is 5.47. The minimum atomic E-state index is -0.380. The third-order valence-electron chi connectivity index (χ3n) is 2.57. The molecule has 0 saturated carbocycles. The van der Waals surface area contributed by atoms with Crippen LogP contribution in [-0.4, -0.2) is 14.1 Å². The van der Waals surface area contributed by atoms with Crippen molar-refractivity contribution in [1.82, 2.24) is 0 Å². The van der Waals surface area contributed by atoms with Gasteiger partial charge in [0.2, 0.25) is 0 Å². The van der Waals surface area contributed by atoms with Crippen LogP contribution >= 0.6 is 15.9 Å². The van der Waals surface area contributed by atoms with Gasteiger partial charge in [0.25, 0.3) is 0 Å². The molecule has 0 aromatic heterocycles. The van der Waals surface area contributed by atoms with Crippen LogP contribution in [-0.2, 0) is 0 Å². The first-order chi connectivity index (χ1) is 5.36. The van der Waals surface area contributed by atoms with Crippen LogP contribution in [0, 0.1) is 5.92 Å². The molecule has 0 aromatic rings. The van der Waals surface area contributed by atoms with E-state index in [0.717, 1.165) is 5.92 Å². The Balaban J connectivity index is 2.24. The summed E-state index contributed by atoms with van der Waals surface area (Å²) in [5, 5.41) is 1.23. The number of rotatable bonds is 2. The summed E-state index contributed by atoms with van der Waals surface area (Å²) < 4.78 is 0. The molecule has 0 amide bonds. The summed E-state index contributed by atoms with van der Waals surface area (Å²) in [7, 11) is -0.380. The van der Waals surface area contributed by atoms with Crippen LogP contribution in [0.5, 0.6) is 0 Å². The van der Waals surface area contributed by atoms with Gasteiger partial charge in [-0.3, -0.25) is 0 Å². The second kappa shape index (κ2) is 5.15. The molecule has 0 atom stereocenters. The van der Waals surface area contributed by atoms with E-state index in [1.807, 2.05) is 0 Å². The maximum absolute atomic E-state index is 3.57. The van der Waals surface area contributed by atoms with Crippen molar-refractivity contribution in [3.8, 4) is 0 Å². The second-order valence-electron chi connectivity index (χ2n) is 3.46. The van der Waals surface area contributed by atoms with Crippen LogP contribution in [0.15, 0.2) is 11.8 Å². The van der Waals surface area contributed by atoms with Crippen LogP contribution in [0.1, 0.15) is 19.8 Å². The molecular weight excluding hydrogens is 216 g/mol. The summed E-state index contributed by atoms with van der Waals surface area (Å²) >= 11 is 3.57. The second-order valence-corrected chi connectivity index (χ2v) is 7.17. The Labute approximate surface area is 79.8 Å². The zero-order chi connectivity index (χ0) is 8.10. The van der Waals surface area contributed by atoms with Gasteiger partial charge in [-0.2, -0.15) is 0 Å². The fourth-order valence-electron chi connectivity index (χ4n) is 1.81. The maximum Gasteiger partial charge on any atom is 0.0611 e. The lowest BCUT2D eigenvalue weighted by Gasteiger charge is -2.23. The molecule has 1 saturated heterocycles. The molecule has 2 heteroatoms. The topological polar surface area (TPSA) is 0 Å². The summed E-state index contributed by atoms with van der Waals surface area (Å²) in [6.45, 7) is 2.16. The lowest BCUT2D eigenvalue weighted by atomic mass is 10.1. The van der Waals surface area contributed by atoms with Gasteiger partial charge >= 0.3 is 0 Å². The van der Waals surface area contributed by atoms with Crippen molar-refractivity contribution in [2.45, 2.75) is 31.9 Å². The van der Waals surface area contributed by atoms with Gasteiger partial charge < -0.3 is 0 Å². The molecule has 0 bridgehead atoms. The molecule has 1 aliphatic heterocycles. The van der Waals surface area contributed by atoms with E-state index >= 15 is 0 Å². The van der Waals surface area contributed by atoms with Gasteiger partial charge in [0.05, 0.1) is 8.80 Å². The van der Waals surface area contributed by atoms with E-state index in [4.69, 9.17) is 0 Å². The van der Waals surface area contributed by atoms with Gasteiger partial charge in [-0.1, -0.05) is 46.9 Å². The van der Waals surface area contributed by atoms with E-state index in [1.165, 1.54) is 18.2 Å². The number of hydrogen-bond acceptors (Lipinski definition) is 0. The first kappa shape index (κ1) is 9.52. The molecule has 0 aliphatic carbocycles. The van der Waals surface area contributed by atoms with E-state index in [-0.39, 0.29) is 8.80 Å². The van der Waals surface area contributed by atoms with Gasteiger partial charge in [0, 0.05) is 5.33 Å². The lowest BCUT2D eigenvalue weighted by molar-refractivity contribution is 0.532. The molecule has 11 heavy (non-hydrogen) atoms. The molecule has 1 fully saturated rings. The predicted octanol–water partition coefficient (Wildman–Crippen LogP) is 3.13. The van der Waals surface area contributed by atoms with E-state index in [1.54, 1.807) is 12.1 Å². The van der Waals surface area contributed by atoms with Gasteiger partial charge in [0.1, 0.15) is 0 Å². The summed E-state index contributed by atoms with van der Waals surface area (Å²) in [4.78, 5) is 0. The van der Waals surface area contributed by atoms with Gasteiger partial charge in [-0.25, -0.2) is 0 Å². The summed E-state index contributed by atoms with van der Waals surface area (Å²) in [5.74, 6) is 0.990. The van der Waals surface area contributed by atoms with Crippen LogP contribution in [0.4, 0.5) is 0 Å². The van der Waals surface area contributed by atoms with E-state index in [0.29, 0.717) is 0 Å². The maximum atomic E-state index is 3.57. The fraction of sp³-hybridized carbons (Fsp3) is 0.778. The van der Waals surface area contributed by atoms with Crippen molar-refractivity contribution in [2.24, 2.45) is 5.92 Å². The van der Waals surface area contributed by atoms with Crippen molar-refractivity contribution in [3.05, 3.63) is 11.8 Å². The molecule has 0 N–H and O–H groups in total. The minimum Gasteiger partial charge on any atom is -0.102 e. The van der Waals surface area contributed by atoms with Gasteiger partial charge in [-0.15, -0.1) is 5.70 Å². The monoisotopic (exact) mass is 232 g/mol. The minimum absolute atomic E-state index is 0.380. The first-order valence-corrected chi connectivity index (χ1v) is 7.97. The van der Waals surface area contributed by atoms with Gasteiger partial charge in [0.15, 0.2) is 0 Å². The first-order valence-electron chi connectivity index (χ1n) is 4.55. The van der Waals surface area contributed by atoms with Gasteiger partial charge in [-0.05, 0) is 12.8 Å². The van der Waals surface area contributed by atoms with E-state index in [2.05, 4.69) is 34.6 Å². The van der Waals surface area contributed by atoms with E-state index < -0.39 is 0 Å². The highest BCUT2D eigenvalue weighted by Crippen LogP contribution is 2.26. The lowest BCUT2D eigenvalue weighted by Crippen LogP contribution is -2.20. The smallest absolute Gasteiger partial charge is 0.0611 e. The van der Waals surface area contributed by atoms with Crippen LogP contribution in [0.3, 0.4) is 0 Å². The Hall–Kier alpha value is 0.437. The molecule has 0 unspecified atom stereocenters. The van der Waals surface area contributed by atoms with Crippen LogP contribution < -0.4 is 0 Å². The largest absolute Gasteiger partial charge is 0.102 e. The summed E-state index contributed by atoms with van der Waals surface area (Å²) in [6, 6.07) is 3.08. The zero-order valence-corrected chi connectivity index (χ0v) is 9.96. The third kappa shape index (κ3) is 3.12. The highest BCUT2D eigenvalue weighted by atomic mass is 79.9. The predicted molar refractivity (Wildman–Crippen MR) is 58.1 cm³/mol. The molecule has 0 radical (unpaired) electrons. The molecule has 1 aliphatic rings. The molecule has 0 aromatic carbocycles. The highest BCUT2D eigenvalue weighted by Gasteiger charge is 2.18. The Kier molecular flexibility index (Phi) is 4.46. The van der Waals surface area contributed by atoms with Crippen molar-refractivity contribution in [1.29, 1.82) is 0 Å². The average molecular weight is 233 g/mol. The third-order valence-corrected chi connectivity index (χ3v) is 6.57. The van der Waals surface area contributed by atoms with Crippen molar-refractivity contribution in [2.75, 3.05) is 5.33 Å². The Morgan fingerprint density at radius 1 is 1.45 bits per heavy atom. The van der Waals surface area contributed by atoms with Crippen LogP contribution in [0.2, 0.25) is 12.1 Å². The standard InChI is InChI=1S/C9H17BrSi/c1-2-5-11-6-3-9(8-10)4-7-11/h2,5,9,11H,3-4,6-8H2,1H3/b5-2-. The summed E-state index contributed by atoms with van der Waals surface area (Å²) in [6.07, 6.45) is 5.21. The molecule has 1 rings (SSSR count). The Morgan fingerprint density at radius 3 is 2.55 bits per heavy atom. The SMILES string of the molecule is C/C=C\[SiH]1CCC(CBr)CC1. The number of alkyl halides is 1. The zero-order valence-electron chi connectivity index (χ0n) is 7.22. The quantitative estimate of drug-likeness (QED) is 0.507. The van der Waals surface area contributed by atoms with Crippen molar-refractivity contribution < 1.29 is 0 Å². The van der Waals surface area contributed by atoms with Crippen LogP contribution in [0.25, 0.3) is 0 Å². The molecule has 0 nitrogen and oxygen atoms in total. The molecular formula is C9H17BrSi. The molecule has 64 valence electrons. The normalized spacial score (nSPS) is 32.9. The van der Waals surface area contributed by atoms with Crippen molar-refractivity contribution in [3.63, 3.8) is 0 Å². The number of allylic oxidation sites excluding steroid dienone is 1. The number of hydrogen-bond donors (Lipinski definition) is 0. The average Bonchev–Trinajstić information content (AvgIpc) is 2.07. The van der Waals surface area contributed by atoms with E-state index in [9.17, 15) is 0 Å². The Bertz CT molecular complexity index is 126. The molecule has 1 heterocycles. The Morgan fingerprint density at radius 2 is 2.09 bits per heavy atom. The highest BCUT2D eigenvalue weighted by molar-refractivity contribution is 9.09. The van der Waals surface area contributed by atoms with Crippen molar-refractivity contribution >= 4 is 24.7 Å². The number of halogens is 1. The molecule has 0 spiro atoms.